The van der Waals surface area contributed by atoms with Gasteiger partial charge in [-0.1, -0.05) is 24.3 Å². The van der Waals surface area contributed by atoms with Crippen molar-refractivity contribution in [3.63, 3.8) is 0 Å². The number of benzene rings is 2. The van der Waals surface area contributed by atoms with E-state index in [2.05, 4.69) is 5.10 Å². The van der Waals surface area contributed by atoms with Crippen LogP contribution in [0.2, 0.25) is 0 Å². The maximum absolute atomic E-state index is 13.3. The van der Waals surface area contributed by atoms with Gasteiger partial charge in [0.25, 0.3) is 5.56 Å². The molecule has 1 aliphatic carbocycles. The van der Waals surface area contributed by atoms with E-state index in [1.165, 1.54) is 0 Å². The van der Waals surface area contributed by atoms with Crippen LogP contribution in [0.1, 0.15) is 45.7 Å². The number of hydrogen-bond donors (Lipinski definition) is 2. The van der Waals surface area contributed by atoms with Crippen LogP contribution in [0.3, 0.4) is 0 Å². The standard InChI is InChI=1S/C25H24N6O2.ClH/c1-30-20-7-6-17(25(9-10-25)22(32)21-8-11-28-31(21)2)14-18(20)29-19(24(30)33)13-15-4-3-5-16(12-15)23(26)27;/h3-8,11-12,14H,9-10,13H2,1-2H3,(H3,26,27);1H. The molecule has 2 heterocycles. The predicted octanol–water partition coefficient (Wildman–Crippen LogP) is 2.88. The molecule has 0 saturated heterocycles. The van der Waals surface area contributed by atoms with Gasteiger partial charge < -0.3 is 10.3 Å². The first-order valence-corrected chi connectivity index (χ1v) is 10.8. The first-order valence-electron chi connectivity index (χ1n) is 10.8. The summed E-state index contributed by atoms with van der Waals surface area (Å²) in [6.45, 7) is 0. The molecule has 1 saturated carbocycles. The molecule has 2 aromatic heterocycles. The van der Waals surface area contributed by atoms with Crippen molar-refractivity contribution in [3.8, 4) is 0 Å². The normalized spacial score (nSPS) is 13.9. The van der Waals surface area contributed by atoms with Crippen LogP contribution < -0.4 is 11.3 Å². The van der Waals surface area contributed by atoms with Crippen LogP contribution in [0, 0.1) is 5.41 Å². The summed E-state index contributed by atoms with van der Waals surface area (Å²) in [5.74, 6) is 0.0432. The molecule has 8 nitrogen and oxygen atoms in total. The Morgan fingerprint density at radius 2 is 1.91 bits per heavy atom. The molecule has 174 valence electrons. The van der Waals surface area contributed by atoms with Gasteiger partial charge in [0.1, 0.15) is 17.2 Å². The summed E-state index contributed by atoms with van der Waals surface area (Å²) in [5, 5.41) is 11.8. The number of amidine groups is 1. The molecule has 34 heavy (non-hydrogen) atoms. The minimum atomic E-state index is -0.561. The molecule has 1 aliphatic rings. The van der Waals surface area contributed by atoms with E-state index in [0.717, 1.165) is 24.0 Å². The molecule has 0 amide bonds. The number of nitrogen functional groups attached to an aromatic ring is 1. The van der Waals surface area contributed by atoms with Gasteiger partial charge in [0.05, 0.1) is 16.4 Å². The Labute approximate surface area is 202 Å². The fourth-order valence-corrected chi connectivity index (χ4v) is 4.46. The van der Waals surface area contributed by atoms with E-state index in [1.54, 1.807) is 47.7 Å². The molecule has 0 bridgehead atoms. The van der Waals surface area contributed by atoms with Crippen LogP contribution in [0.15, 0.2) is 59.5 Å². The third-order valence-corrected chi connectivity index (χ3v) is 6.54. The van der Waals surface area contributed by atoms with Crippen LogP contribution >= 0.6 is 12.4 Å². The van der Waals surface area contributed by atoms with Crippen LogP contribution in [0.25, 0.3) is 11.0 Å². The zero-order valence-corrected chi connectivity index (χ0v) is 19.7. The Kier molecular flexibility index (Phi) is 5.87. The average molecular weight is 477 g/mol. The number of nitrogens with zero attached hydrogens (tertiary/aromatic N) is 4. The zero-order valence-electron chi connectivity index (χ0n) is 18.9. The summed E-state index contributed by atoms with van der Waals surface area (Å²) in [4.78, 5) is 31.0. The van der Waals surface area contributed by atoms with E-state index < -0.39 is 5.41 Å². The number of rotatable bonds is 6. The smallest absolute Gasteiger partial charge is 0.272 e. The molecule has 9 heteroatoms. The first-order chi connectivity index (χ1) is 15.8. The van der Waals surface area contributed by atoms with Crippen molar-refractivity contribution in [2.24, 2.45) is 19.8 Å². The number of fused-ring (bicyclic) bond motifs is 1. The highest BCUT2D eigenvalue weighted by molar-refractivity contribution is 6.05. The lowest BCUT2D eigenvalue weighted by Crippen LogP contribution is -2.25. The number of aromatic nitrogens is 4. The third kappa shape index (κ3) is 3.80. The highest BCUT2D eigenvalue weighted by Crippen LogP contribution is 2.50. The molecular formula is C25H25ClN6O2. The lowest BCUT2D eigenvalue weighted by Gasteiger charge is -2.16. The maximum atomic E-state index is 13.3. The second-order valence-corrected chi connectivity index (χ2v) is 8.67. The Hall–Kier alpha value is -3.78. The van der Waals surface area contributed by atoms with Gasteiger partial charge in [0.15, 0.2) is 5.78 Å². The minimum absolute atomic E-state index is 0. The second kappa shape index (κ2) is 8.53. The molecule has 0 unspecified atom stereocenters. The first kappa shape index (κ1) is 23.4. The highest BCUT2D eigenvalue weighted by atomic mass is 35.5. The van der Waals surface area contributed by atoms with E-state index in [4.69, 9.17) is 16.1 Å². The number of carbonyl (C=O) groups is 1. The Morgan fingerprint density at radius 1 is 1.15 bits per heavy atom. The molecule has 4 aromatic rings. The Morgan fingerprint density at radius 3 is 2.56 bits per heavy atom. The molecule has 2 aromatic carbocycles. The van der Waals surface area contributed by atoms with Gasteiger partial charge in [-0.25, -0.2) is 4.98 Å². The van der Waals surface area contributed by atoms with Crippen LogP contribution in [-0.4, -0.2) is 31.0 Å². The maximum Gasteiger partial charge on any atom is 0.272 e. The Bertz CT molecular complexity index is 1500. The fourth-order valence-electron chi connectivity index (χ4n) is 4.46. The van der Waals surface area contributed by atoms with Gasteiger partial charge in [-0.3, -0.25) is 19.7 Å². The van der Waals surface area contributed by atoms with Gasteiger partial charge in [0.2, 0.25) is 0 Å². The predicted molar refractivity (Wildman–Crippen MR) is 133 cm³/mol. The quantitative estimate of drug-likeness (QED) is 0.252. The van der Waals surface area contributed by atoms with Crippen molar-refractivity contribution in [2.45, 2.75) is 24.7 Å². The molecule has 3 N–H and O–H groups in total. The minimum Gasteiger partial charge on any atom is -0.384 e. The molecule has 0 spiro atoms. The summed E-state index contributed by atoms with van der Waals surface area (Å²) in [6, 6.07) is 14.8. The summed E-state index contributed by atoms with van der Waals surface area (Å²) in [7, 11) is 3.50. The lowest BCUT2D eigenvalue weighted by atomic mass is 9.89. The van der Waals surface area contributed by atoms with Gasteiger partial charge in [0, 0.05) is 32.3 Å². The number of aryl methyl sites for hydroxylation is 2. The number of ketones is 1. The average Bonchev–Trinajstić information content (AvgIpc) is 3.51. The Balaban J connectivity index is 0.00000274. The molecule has 0 aliphatic heterocycles. The van der Waals surface area contributed by atoms with Crippen LogP contribution in [-0.2, 0) is 25.9 Å². The van der Waals surface area contributed by atoms with Gasteiger partial charge in [-0.15, -0.1) is 12.4 Å². The van der Waals surface area contributed by atoms with E-state index in [0.29, 0.717) is 34.4 Å². The van der Waals surface area contributed by atoms with Gasteiger partial charge >= 0.3 is 0 Å². The van der Waals surface area contributed by atoms with Crippen LogP contribution in [0.4, 0.5) is 0 Å². The third-order valence-electron chi connectivity index (χ3n) is 6.54. The summed E-state index contributed by atoms with van der Waals surface area (Å²) < 4.78 is 3.21. The fraction of sp³-hybridized carbons (Fsp3) is 0.240. The van der Waals surface area contributed by atoms with E-state index >= 15 is 0 Å². The van der Waals surface area contributed by atoms with Crippen molar-refractivity contribution in [1.29, 1.82) is 5.41 Å². The topological polar surface area (TPSA) is 120 Å². The molecule has 5 rings (SSSR count). The van der Waals surface area contributed by atoms with Crippen molar-refractivity contribution in [1.82, 2.24) is 19.3 Å². The van der Waals surface area contributed by atoms with Crippen molar-refractivity contribution in [3.05, 3.63) is 93.2 Å². The van der Waals surface area contributed by atoms with Gasteiger partial charge in [-0.05, 0) is 48.2 Å². The lowest BCUT2D eigenvalue weighted by molar-refractivity contribution is 0.0936. The van der Waals surface area contributed by atoms with Crippen molar-refractivity contribution in [2.75, 3.05) is 0 Å². The van der Waals surface area contributed by atoms with E-state index in [9.17, 15) is 9.59 Å². The largest absolute Gasteiger partial charge is 0.384 e. The summed E-state index contributed by atoms with van der Waals surface area (Å²) >= 11 is 0. The van der Waals surface area contributed by atoms with Crippen molar-refractivity contribution < 1.29 is 4.79 Å². The highest BCUT2D eigenvalue weighted by Gasteiger charge is 2.52. The molecule has 0 radical (unpaired) electrons. The number of halogens is 1. The zero-order chi connectivity index (χ0) is 23.3. The van der Waals surface area contributed by atoms with Crippen LogP contribution in [0.5, 0.6) is 0 Å². The summed E-state index contributed by atoms with van der Waals surface area (Å²) in [5.41, 5.74) is 9.64. The molecule has 1 fully saturated rings. The molecule has 0 atom stereocenters. The SMILES string of the molecule is Cl.Cn1nccc1C(=O)C1(c2ccc3c(c2)nc(Cc2cccc(C(=N)N)c2)c(=O)n3C)CC1. The molecular weight excluding hydrogens is 452 g/mol. The van der Waals surface area contributed by atoms with E-state index in [1.807, 2.05) is 30.3 Å². The number of carbonyl (C=O) groups excluding carboxylic acids is 1. The summed E-state index contributed by atoms with van der Waals surface area (Å²) in [6.07, 6.45) is 3.51. The van der Waals surface area contributed by atoms with E-state index in [-0.39, 0.29) is 29.6 Å². The van der Waals surface area contributed by atoms with Gasteiger partial charge in [-0.2, -0.15) is 5.10 Å². The second-order valence-electron chi connectivity index (χ2n) is 8.67. The number of hydrogen-bond acceptors (Lipinski definition) is 5. The monoisotopic (exact) mass is 476 g/mol. The van der Waals surface area contributed by atoms with Crippen molar-refractivity contribution >= 4 is 35.1 Å². The number of nitrogens with one attached hydrogen (secondary N) is 1. The number of nitrogens with two attached hydrogens (primary N) is 1. The number of Topliss-reactive ketones (excluding diaryl/α,β-unsaturated/α-hetero) is 1.